The van der Waals surface area contributed by atoms with Crippen molar-refractivity contribution in [3.8, 4) is 0 Å². The minimum absolute atomic E-state index is 0.261. The second-order valence-corrected chi connectivity index (χ2v) is 13.2. The van der Waals surface area contributed by atoms with Crippen LogP contribution in [0.4, 0.5) is 30.7 Å². The first-order valence-corrected chi connectivity index (χ1v) is 14.8. The molecule has 0 aromatic heterocycles. The summed E-state index contributed by atoms with van der Waals surface area (Å²) in [5.74, 6) is -6.27. The number of rotatable bonds is 4. The summed E-state index contributed by atoms with van der Waals surface area (Å²) in [7, 11) is -3.55. The van der Waals surface area contributed by atoms with E-state index in [0.29, 0.717) is 21.5 Å². The van der Waals surface area contributed by atoms with Crippen molar-refractivity contribution in [1.82, 2.24) is 0 Å². The maximum absolute atomic E-state index is 16.1. The first-order valence-electron chi connectivity index (χ1n) is 13.4. The summed E-state index contributed by atoms with van der Waals surface area (Å²) in [6.45, 7) is 0. The molecule has 0 aliphatic rings. The van der Waals surface area contributed by atoms with Gasteiger partial charge in [0, 0.05) is 7.92 Å². The lowest BCUT2D eigenvalue weighted by Gasteiger charge is -2.35. The highest BCUT2D eigenvalue weighted by atomic mass is 31.1. The molecule has 43 heavy (non-hydrogen) atoms. The topological polar surface area (TPSA) is 0 Å². The average Bonchev–Trinajstić information content (AvgIpc) is 2.98. The van der Waals surface area contributed by atoms with Crippen molar-refractivity contribution < 1.29 is 30.7 Å². The lowest BCUT2D eigenvalue weighted by Crippen LogP contribution is -2.53. The second-order valence-electron chi connectivity index (χ2n) is 10.9. The molecule has 0 fully saturated rings. The first kappa shape index (κ1) is 26.4. The van der Waals surface area contributed by atoms with Crippen LogP contribution >= 0.6 is 7.92 Å². The molecule has 0 saturated heterocycles. The number of benzene rings is 8. The fourth-order valence-corrected chi connectivity index (χ4v) is 8.94. The highest BCUT2D eigenvalue weighted by Gasteiger charge is 2.75. The van der Waals surface area contributed by atoms with Gasteiger partial charge in [0.2, 0.25) is 0 Å². The van der Waals surface area contributed by atoms with Gasteiger partial charge in [-0.1, -0.05) is 84.9 Å². The van der Waals surface area contributed by atoms with Crippen molar-refractivity contribution in [2.45, 2.75) is 17.8 Å². The van der Waals surface area contributed by atoms with Gasteiger partial charge in [0.1, 0.15) is 0 Å². The van der Waals surface area contributed by atoms with Gasteiger partial charge in [0.15, 0.2) is 0 Å². The molecule has 8 aromatic rings. The van der Waals surface area contributed by atoms with E-state index in [-0.39, 0.29) is 10.6 Å². The van der Waals surface area contributed by atoms with Crippen molar-refractivity contribution in [1.29, 1.82) is 0 Å². The van der Waals surface area contributed by atoms with E-state index < -0.39 is 25.7 Å². The number of hydrogen-bond donors (Lipinski definition) is 0. The highest BCUT2D eigenvalue weighted by Crippen LogP contribution is 2.62. The fraction of sp³-hybridized carbons (Fsp3) is 0.0857. The minimum Gasteiger partial charge on any atom is -0.194 e. The Morgan fingerprint density at radius 2 is 0.651 bits per heavy atom. The zero-order valence-electron chi connectivity index (χ0n) is 22.0. The molecule has 8 rings (SSSR count). The molecular weight excluding hydrogens is 584 g/mol. The van der Waals surface area contributed by atoms with E-state index in [1.807, 2.05) is 36.4 Å². The van der Waals surface area contributed by atoms with Crippen LogP contribution in [-0.4, -0.2) is 17.8 Å². The summed E-state index contributed by atoms with van der Waals surface area (Å²) in [6, 6.07) is 30.8. The molecule has 0 atom stereocenters. The Labute approximate surface area is 240 Å². The maximum Gasteiger partial charge on any atom is 0.460 e. The Hall–Kier alpha value is -4.22. The largest absolute Gasteiger partial charge is 0.460 e. The summed E-state index contributed by atoms with van der Waals surface area (Å²) >= 11 is 0. The third kappa shape index (κ3) is 3.61. The predicted octanol–water partition coefficient (Wildman–Crippen LogP) is 10.7. The molecule has 0 aliphatic carbocycles. The summed E-state index contributed by atoms with van der Waals surface area (Å²) < 4.78 is 103. The van der Waals surface area contributed by atoms with Crippen molar-refractivity contribution in [3.05, 3.63) is 109 Å². The van der Waals surface area contributed by atoms with Crippen LogP contribution in [0.2, 0.25) is 0 Å². The van der Waals surface area contributed by atoms with E-state index >= 15 is 8.78 Å². The van der Waals surface area contributed by atoms with Gasteiger partial charge in [-0.25, -0.2) is 0 Å². The normalized spacial score (nSPS) is 13.7. The molecule has 0 aliphatic heterocycles. The molecule has 0 unspecified atom stereocenters. The van der Waals surface area contributed by atoms with Crippen LogP contribution in [0.25, 0.3) is 64.6 Å². The molecule has 0 heterocycles. The predicted molar refractivity (Wildman–Crippen MR) is 162 cm³/mol. The van der Waals surface area contributed by atoms with Crippen LogP contribution in [0.5, 0.6) is 0 Å². The SMILES string of the molecule is FC(F)(F)C(F)(F)C(F)(F)P(c1cc2ccc3cccc4ccc(c1)c2c34)c1cc2ccc3cccc4ccc(c1)c2c34. The third-order valence-corrected chi connectivity index (χ3v) is 10.8. The van der Waals surface area contributed by atoms with Crippen LogP contribution in [0.15, 0.2) is 109 Å². The molecule has 0 amide bonds. The number of halogens is 7. The highest BCUT2D eigenvalue weighted by molar-refractivity contribution is 7.74. The van der Waals surface area contributed by atoms with Crippen molar-refractivity contribution >= 4 is 83.2 Å². The van der Waals surface area contributed by atoms with E-state index in [1.54, 1.807) is 48.5 Å². The van der Waals surface area contributed by atoms with Crippen LogP contribution in [-0.2, 0) is 0 Å². The van der Waals surface area contributed by atoms with E-state index in [9.17, 15) is 22.0 Å². The smallest absolute Gasteiger partial charge is 0.194 e. The van der Waals surface area contributed by atoms with Crippen molar-refractivity contribution in [2.24, 2.45) is 0 Å². The molecule has 0 radical (unpaired) electrons. The van der Waals surface area contributed by atoms with Gasteiger partial charge in [-0.05, 0) is 99.5 Å². The molecule has 212 valence electrons. The van der Waals surface area contributed by atoms with Gasteiger partial charge < -0.3 is 0 Å². The monoisotopic (exact) mass is 602 g/mol. The lowest BCUT2D eigenvalue weighted by atomic mass is 9.94. The third-order valence-electron chi connectivity index (χ3n) is 8.43. The Morgan fingerprint density at radius 3 is 0.953 bits per heavy atom. The maximum atomic E-state index is 16.1. The van der Waals surface area contributed by atoms with Crippen LogP contribution in [0.3, 0.4) is 0 Å². The van der Waals surface area contributed by atoms with Gasteiger partial charge in [0.25, 0.3) is 0 Å². The minimum atomic E-state index is -6.46. The summed E-state index contributed by atoms with van der Waals surface area (Å²) in [6.07, 6.45) is -6.46. The van der Waals surface area contributed by atoms with E-state index in [0.717, 1.165) is 43.1 Å². The lowest BCUT2D eigenvalue weighted by molar-refractivity contribution is -0.331. The summed E-state index contributed by atoms with van der Waals surface area (Å²) in [5.41, 5.74) is -5.46. The molecule has 0 N–H and O–H groups in total. The van der Waals surface area contributed by atoms with Crippen LogP contribution in [0.1, 0.15) is 0 Å². The van der Waals surface area contributed by atoms with Crippen LogP contribution < -0.4 is 10.6 Å². The zero-order valence-corrected chi connectivity index (χ0v) is 22.9. The van der Waals surface area contributed by atoms with Gasteiger partial charge >= 0.3 is 17.8 Å². The van der Waals surface area contributed by atoms with Crippen molar-refractivity contribution in [3.63, 3.8) is 0 Å². The first-order chi connectivity index (χ1) is 20.5. The van der Waals surface area contributed by atoms with Gasteiger partial charge in [-0.15, -0.1) is 0 Å². The molecule has 0 spiro atoms. The molecule has 8 heteroatoms. The fourth-order valence-electron chi connectivity index (χ4n) is 6.52. The zero-order chi connectivity index (χ0) is 29.9. The second kappa shape index (κ2) is 8.67. The molecule has 0 nitrogen and oxygen atoms in total. The summed E-state index contributed by atoms with van der Waals surface area (Å²) in [5, 5.41) is 8.34. The quantitative estimate of drug-likeness (QED) is 0.107. The van der Waals surface area contributed by atoms with E-state index in [2.05, 4.69) is 0 Å². The molecule has 0 saturated carbocycles. The Bertz CT molecular complexity index is 2080. The Balaban J connectivity index is 1.44. The van der Waals surface area contributed by atoms with Gasteiger partial charge in [-0.3, -0.25) is 0 Å². The average molecular weight is 602 g/mol. The van der Waals surface area contributed by atoms with Gasteiger partial charge in [0.05, 0.1) is 0 Å². The number of hydrogen-bond acceptors (Lipinski definition) is 0. The molecular formula is C35H18F7P. The Kier molecular flexibility index (Phi) is 5.32. The van der Waals surface area contributed by atoms with E-state index in [4.69, 9.17) is 0 Å². The molecule has 0 bridgehead atoms. The van der Waals surface area contributed by atoms with E-state index in [1.165, 1.54) is 24.3 Å². The number of alkyl halides is 7. The van der Waals surface area contributed by atoms with Crippen molar-refractivity contribution in [2.75, 3.05) is 0 Å². The van der Waals surface area contributed by atoms with Crippen LogP contribution in [0, 0.1) is 0 Å². The Morgan fingerprint density at radius 1 is 0.372 bits per heavy atom. The summed E-state index contributed by atoms with van der Waals surface area (Å²) in [4.78, 5) is 0. The standard InChI is InChI=1S/C35H18F7P/c36-33(37,34(38,39)40)35(41,42)43(27-15-23-11-7-19-3-1-4-20-8-12-24(16-27)31(23)29(19)20)28-17-25-13-9-21-5-2-6-22-10-14-26(18-28)32(25)30(21)22/h1-18H. The molecule has 8 aromatic carbocycles. The van der Waals surface area contributed by atoms with Gasteiger partial charge in [-0.2, -0.15) is 30.7 Å².